The Morgan fingerprint density at radius 2 is 2.11 bits per heavy atom. The number of benzene rings is 1. The van der Waals surface area contributed by atoms with Gasteiger partial charge in [-0.05, 0) is 12.1 Å². The third-order valence-corrected chi connectivity index (χ3v) is 2.88. The van der Waals surface area contributed by atoms with E-state index in [-0.39, 0.29) is 17.2 Å². The molecule has 1 aromatic rings. The summed E-state index contributed by atoms with van der Waals surface area (Å²) in [5, 5.41) is 10.7. The zero-order chi connectivity index (χ0) is 14.6. The fraction of sp³-hybridized carbons (Fsp3) is 0.400. The summed E-state index contributed by atoms with van der Waals surface area (Å²) < 4.78 is 46.3. The summed E-state index contributed by atoms with van der Waals surface area (Å²) >= 11 is 2.42. The lowest BCUT2D eigenvalue weighted by molar-refractivity contribution is -0.385. The normalized spacial score (nSPS) is 12.9. The van der Waals surface area contributed by atoms with Gasteiger partial charge in [-0.2, -0.15) is 13.2 Å². The molecule has 0 aliphatic heterocycles. The first-order valence-corrected chi connectivity index (χ1v) is 5.83. The van der Waals surface area contributed by atoms with Crippen LogP contribution in [0.5, 0.6) is 11.5 Å². The van der Waals surface area contributed by atoms with Gasteiger partial charge in [0.25, 0.3) is 0 Å². The molecule has 0 aliphatic carbocycles. The van der Waals surface area contributed by atoms with Gasteiger partial charge in [0, 0.05) is 0 Å². The lowest BCUT2D eigenvalue weighted by atomic mass is 10.3. The number of rotatable bonds is 5. The van der Waals surface area contributed by atoms with Gasteiger partial charge in [-0.25, -0.2) is 0 Å². The number of halogens is 4. The van der Waals surface area contributed by atoms with Crippen molar-refractivity contribution in [2.24, 2.45) is 0 Å². The number of nitrogens with zero attached hydrogens (tertiary/aromatic N) is 1. The molecular weight excluding hydrogens is 335 g/mol. The van der Waals surface area contributed by atoms with E-state index >= 15 is 0 Å². The minimum atomic E-state index is -4.45. The number of methoxy groups -OCH3 is 1. The van der Waals surface area contributed by atoms with Crippen LogP contribution in [-0.2, 0) is 0 Å². The molecule has 9 heteroatoms. The van der Waals surface area contributed by atoms with Crippen molar-refractivity contribution in [1.29, 1.82) is 0 Å². The molecule has 106 valence electrons. The van der Waals surface area contributed by atoms with Crippen LogP contribution in [0.1, 0.15) is 0 Å². The second-order valence-electron chi connectivity index (χ2n) is 3.41. The van der Waals surface area contributed by atoms with E-state index in [1.807, 2.05) is 0 Å². The van der Waals surface area contributed by atoms with Crippen molar-refractivity contribution in [1.82, 2.24) is 0 Å². The molecule has 1 atom stereocenters. The van der Waals surface area contributed by atoms with Gasteiger partial charge < -0.3 is 9.47 Å². The first kappa shape index (κ1) is 15.5. The molecule has 5 nitrogen and oxygen atoms in total. The van der Waals surface area contributed by atoms with Gasteiger partial charge >= 0.3 is 11.9 Å². The quantitative estimate of drug-likeness (QED) is 0.467. The predicted molar refractivity (Wildman–Crippen MR) is 63.9 cm³/mol. The van der Waals surface area contributed by atoms with Crippen LogP contribution in [0.3, 0.4) is 0 Å². The zero-order valence-corrected chi connectivity index (χ0v) is 11.2. The molecular formula is C10H9BrF3NO4. The third kappa shape index (κ3) is 4.27. The first-order valence-electron chi connectivity index (χ1n) is 4.91. The fourth-order valence-corrected chi connectivity index (χ4v) is 1.30. The molecule has 1 rings (SSSR count). The van der Waals surface area contributed by atoms with Crippen molar-refractivity contribution in [3.63, 3.8) is 0 Å². The predicted octanol–water partition coefficient (Wildman–Crippen LogP) is 3.31. The molecule has 0 N–H and O–H groups in total. The Hall–Kier alpha value is -1.51. The highest BCUT2D eigenvalue weighted by atomic mass is 79.9. The lowest BCUT2D eigenvalue weighted by Crippen LogP contribution is -2.28. The summed E-state index contributed by atoms with van der Waals surface area (Å²) in [5.74, 6) is -0.0373. The van der Waals surface area contributed by atoms with Crippen molar-refractivity contribution >= 4 is 21.6 Å². The lowest BCUT2D eigenvalue weighted by Gasteiger charge is -2.14. The summed E-state index contributed by atoms with van der Waals surface area (Å²) in [6.07, 6.45) is -4.45. The van der Waals surface area contributed by atoms with Crippen molar-refractivity contribution in [2.45, 2.75) is 11.0 Å². The van der Waals surface area contributed by atoms with E-state index in [9.17, 15) is 23.3 Å². The maximum atomic E-state index is 12.2. The molecule has 1 unspecified atom stereocenters. The van der Waals surface area contributed by atoms with Gasteiger partial charge in [0.15, 0.2) is 5.75 Å². The molecule has 0 bridgehead atoms. The Morgan fingerprint density at radius 3 is 2.58 bits per heavy atom. The van der Waals surface area contributed by atoms with E-state index in [0.717, 1.165) is 6.07 Å². The van der Waals surface area contributed by atoms with Crippen LogP contribution >= 0.6 is 15.9 Å². The van der Waals surface area contributed by atoms with Crippen LogP contribution in [0.4, 0.5) is 18.9 Å². The Balaban J connectivity index is 2.81. The Bertz CT molecular complexity index is 467. The van der Waals surface area contributed by atoms with E-state index in [1.54, 1.807) is 0 Å². The van der Waals surface area contributed by atoms with E-state index in [0.29, 0.717) is 0 Å². The molecule has 0 radical (unpaired) electrons. The number of nitro groups is 1. The number of hydrogen-bond donors (Lipinski definition) is 0. The van der Waals surface area contributed by atoms with E-state index in [2.05, 4.69) is 15.9 Å². The molecule has 1 aromatic carbocycles. The summed E-state index contributed by atoms with van der Waals surface area (Å²) in [7, 11) is 1.25. The summed E-state index contributed by atoms with van der Waals surface area (Å²) in [5.41, 5.74) is -0.377. The molecule has 0 saturated heterocycles. The van der Waals surface area contributed by atoms with Gasteiger partial charge in [0.2, 0.25) is 0 Å². The highest BCUT2D eigenvalue weighted by molar-refractivity contribution is 9.09. The number of ether oxygens (including phenoxy) is 2. The van der Waals surface area contributed by atoms with E-state index in [1.165, 1.54) is 19.2 Å². The molecule has 19 heavy (non-hydrogen) atoms. The van der Waals surface area contributed by atoms with Crippen LogP contribution < -0.4 is 9.47 Å². The van der Waals surface area contributed by atoms with Gasteiger partial charge in [-0.15, -0.1) is 0 Å². The Kier molecular flexibility index (Phi) is 4.98. The monoisotopic (exact) mass is 343 g/mol. The van der Waals surface area contributed by atoms with Crippen LogP contribution in [-0.4, -0.2) is 29.6 Å². The topological polar surface area (TPSA) is 61.6 Å². The van der Waals surface area contributed by atoms with Gasteiger partial charge in [0.05, 0.1) is 18.1 Å². The zero-order valence-electron chi connectivity index (χ0n) is 9.61. The largest absolute Gasteiger partial charge is 0.492 e. The minimum Gasteiger partial charge on any atom is -0.492 e. The van der Waals surface area contributed by atoms with Crippen LogP contribution in [0.15, 0.2) is 18.2 Å². The molecule has 0 heterocycles. The SMILES string of the molecule is COc1ccc(OCC(Br)C(F)(F)F)cc1[N+](=O)[O-]. The van der Waals surface area contributed by atoms with Gasteiger partial charge in [0.1, 0.15) is 17.2 Å². The molecule has 0 saturated carbocycles. The smallest absolute Gasteiger partial charge is 0.404 e. The summed E-state index contributed by atoms with van der Waals surface area (Å²) in [6, 6.07) is 3.56. The minimum absolute atomic E-state index is 0.00330. The fourth-order valence-electron chi connectivity index (χ4n) is 1.17. The Morgan fingerprint density at radius 1 is 1.47 bits per heavy atom. The summed E-state index contributed by atoms with van der Waals surface area (Å²) in [4.78, 5) is 8.16. The molecule has 0 spiro atoms. The van der Waals surface area contributed by atoms with Gasteiger partial charge in [-0.3, -0.25) is 10.1 Å². The first-order chi connectivity index (χ1) is 8.75. The summed E-state index contributed by atoms with van der Waals surface area (Å²) in [6.45, 7) is -0.688. The van der Waals surface area contributed by atoms with E-state index < -0.39 is 22.5 Å². The number of alkyl halides is 4. The van der Waals surface area contributed by atoms with Crippen molar-refractivity contribution in [3.8, 4) is 11.5 Å². The third-order valence-electron chi connectivity index (χ3n) is 2.10. The standard InChI is InChI=1S/C10H9BrF3NO4/c1-18-8-3-2-6(4-7(8)15(16)17)19-5-9(11)10(12,13)14/h2-4,9H,5H2,1H3. The molecule has 0 aliphatic rings. The van der Waals surface area contributed by atoms with Crippen LogP contribution in [0, 0.1) is 10.1 Å². The van der Waals surface area contributed by atoms with Crippen molar-refractivity contribution in [2.75, 3.05) is 13.7 Å². The van der Waals surface area contributed by atoms with Gasteiger partial charge in [-0.1, -0.05) is 15.9 Å². The van der Waals surface area contributed by atoms with E-state index in [4.69, 9.17) is 9.47 Å². The molecule has 0 fully saturated rings. The van der Waals surface area contributed by atoms with Crippen LogP contribution in [0.2, 0.25) is 0 Å². The van der Waals surface area contributed by atoms with Crippen molar-refractivity contribution < 1.29 is 27.6 Å². The Labute approximate surface area is 114 Å². The average Bonchev–Trinajstić information content (AvgIpc) is 2.34. The second-order valence-corrected chi connectivity index (χ2v) is 4.52. The maximum absolute atomic E-state index is 12.2. The molecule has 0 amide bonds. The molecule has 0 aromatic heterocycles. The second kappa shape index (κ2) is 6.09. The van der Waals surface area contributed by atoms with Crippen LogP contribution in [0.25, 0.3) is 0 Å². The highest BCUT2D eigenvalue weighted by Crippen LogP contribution is 2.32. The van der Waals surface area contributed by atoms with Crippen molar-refractivity contribution in [3.05, 3.63) is 28.3 Å². The maximum Gasteiger partial charge on any atom is 0.404 e. The highest BCUT2D eigenvalue weighted by Gasteiger charge is 2.38. The number of hydrogen-bond acceptors (Lipinski definition) is 4. The average molecular weight is 344 g/mol. The number of nitro benzene ring substituents is 1.